The highest BCUT2D eigenvalue weighted by atomic mass is 16.5. The molecule has 0 radical (unpaired) electrons. The Morgan fingerprint density at radius 1 is 0.958 bits per heavy atom. The zero-order valence-electron chi connectivity index (χ0n) is 15.5. The van der Waals surface area contributed by atoms with Gasteiger partial charge in [0.15, 0.2) is 0 Å². The van der Waals surface area contributed by atoms with Crippen LogP contribution >= 0.6 is 0 Å². The van der Waals surface area contributed by atoms with E-state index in [0.717, 1.165) is 42.9 Å². The Bertz CT molecular complexity index is 466. The van der Waals surface area contributed by atoms with Crippen molar-refractivity contribution in [1.29, 1.82) is 0 Å². The van der Waals surface area contributed by atoms with Crippen LogP contribution in [0.25, 0.3) is 0 Å². The number of hydrogen-bond donors (Lipinski definition) is 2. The molecule has 0 saturated heterocycles. The molecular weight excluding hydrogens is 300 g/mol. The van der Waals surface area contributed by atoms with Crippen molar-refractivity contribution in [2.45, 2.75) is 82.8 Å². The molecule has 0 spiro atoms. The summed E-state index contributed by atoms with van der Waals surface area (Å²) in [5.74, 6) is 3.91. The van der Waals surface area contributed by atoms with Crippen LogP contribution < -0.4 is 0 Å². The van der Waals surface area contributed by atoms with Gasteiger partial charge < -0.3 is 14.9 Å². The van der Waals surface area contributed by atoms with Crippen molar-refractivity contribution < 1.29 is 14.9 Å². The highest BCUT2D eigenvalue weighted by Crippen LogP contribution is 2.61. The van der Waals surface area contributed by atoms with Gasteiger partial charge in [-0.25, -0.2) is 0 Å². The van der Waals surface area contributed by atoms with Crippen molar-refractivity contribution in [2.24, 2.45) is 35.0 Å². The van der Waals surface area contributed by atoms with Gasteiger partial charge in [0.25, 0.3) is 0 Å². The first kappa shape index (κ1) is 17.3. The molecule has 0 bridgehead atoms. The molecule has 4 rings (SSSR count). The van der Waals surface area contributed by atoms with Crippen LogP contribution in [0.4, 0.5) is 0 Å². The fourth-order valence-corrected chi connectivity index (χ4v) is 7.53. The van der Waals surface area contributed by atoms with Gasteiger partial charge in [0.1, 0.15) is 0 Å². The van der Waals surface area contributed by atoms with E-state index < -0.39 is 5.60 Å². The maximum atomic E-state index is 10.8. The van der Waals surface area contributed by atoms with Crippen LogP contribution in [0.5, 0.6) is 0 Å². The fourth-order valence-electron chi connectivity index (χ4n) is 7.53. The summed E-state index contributed by atoms with van der Waals surface area (Å²) in [6.45, 7) is 2.87. The lowest BCUT2D eigenvalue weighted by atomic mass is 9.46. The van der Waals surface area contributed by atoms with Crippen LogP contribution in [0.15, 0.2) is 0 Å². The zero-order valence-corrected chi connectivity index (χ0v) is 15.5. The molecule has 4 fully saturated rings. The summed E-state index contributed by atoms with van der Waals surface area (Å²) in [6.07, 6.45) is 11.6. The molecule has 0 aromatic carbocycles. The van der Waals surface area contributed by atoms with E-state index in [1.54, 1.807) is 7.11 Å². The Kier molecular flexibility index (Phi) is 4.50. The van der Waals surface area contributed by atoms with Crippen LogP contribution in [0.1, 0.15) is 71.1 Å². The number of aliphatic hydroxyl groups excluding tert-OH is 1. The van der Waals surface area contributed by atoms with Crippen LogP contribution in [0.2, 0.25) is 0 Å². The molecule has 2 N–H and O–H groups in total. The summed E-state index contributed by atoms with van der Waals surface area (Å²) in [5.41, 5.74) is -0.398. The van der Waals surface area contributed by atoms with E-state index in [0.29, 0.717) is 12.5 Å². The molecule has 0 aromatic rings. The maximum Gasteiger partial charge on any atom is 0.0882 e. The van der Waals surface area contributed by atoms with Gasteiger partial charge >= 0.3 is 0 Å². The maximum absolute atomic E-state index is 10.8. The van der Waals surface area contributed by atoms with E-state index in [2.05, 4.69) is 6.92 Å². The normalized spacial score (nSPS) is 54.5. The summed E-state index contributed by atoms with van der Waals surface area (Å²) in [7, 11) is 1.71. The standard InChI is InChI=1S/C21H36O3/c1-20-10-8-16-15-9-11-21(23,13-24-2)12-14(15)6-7-17(16)18(20)4-3-5-19(20)22/h14-19,22-23H,3-13H2,1-2H3/t14-,15+,16-,17-,18+,19+,20+,21-/m1/s1. The lowest BCUT2D eigenvalue weighted by Gasteiger charge is -2.60. The Morgan fingerprint density at radius 3 is 2.54 bits per heavy atom. The second-order valence-corrected chi connectivity index (χ2v) is 9.83. The Morgan fingerprint density at radius 2 is 1.75 bits per heavy atom. The molecule has 0 aliphatic heterocycles. The largest absolute Gasteiger partial charge is 0.393 e. The second kappa shape index (κ2) is 6.25. The lowest BCUT2D eigenvalue weighted by Crippen LogP contribution is -2.55. The van der Waals surface area contributed by atoms with Crippen molar-refractivity contribution in [3.63, 3.8) is 0 Å². The summed E-state index contributed by atoms with van der Waals surface area (Å²) in [4.78, 5) is 0. The van der Waals surface area contributed by atoms with E-state index in [4.69, 9.17) is 4.74 Å². The van der Waals surface area contributed by atoms with Crippen molar-refractivity contribution >= 4 is 0 Å². The first-order valence-electron chi connectivity index (χ1n) is 10.4. The molecule has 4 saturated carbocycles. The van der Waals surface area contributed by atoms with Gasteiger partial charge in [-0.15, -0.1) is 0 Å². The molecule has 24 heavy (non-hydrogen) atoms. The minimum absolute atomic E-state index is 0.0759. The van der Waals surface area contributed by atoms with Gasteiger partial charge in [-0.05, 0) is 92.8 Å². The van der Waals surface area contributed by atoms with Crippen molar-refractivity contribution in [1.82, 2.24) is 0 Å². The first-order valence-corrected chi connectivity index (χ1v) is 10.4. The predicted molar refractivity (Wildman–Crippen MR) is 94.6 cm³/mol. The third kappa shape index (κ3) is 2.66. The molecule has 4 aliphatic rings. The van der Waals surface area contributed by atoms with Crippen LogP contribution in [-0.4, -0.2) is 35.6 Å². The summed E-state index contributed by atoms with van der Waals surface area (Å²) < 4.78 is 5.29. The summed E-state index contributed by atoms with van der Waals surface area (Å²) in [5, 5.41) is 21.5. The van der Waals surface area contributed by atoms with E-state index in [9.17, 15) is 10.2 Å². The Balaban J connectivity index is 1.51. The molecule has 8 atom stereocenters. The van der Waals surface area contributed by atoms with Gasteiger partial charge in [0, 0.05) is 7.11 Å². The molecule has 3 nitrogen and oxygen atoms in total. The summed E-state index contributed by atoms with van der Waals surface area (Å²) in [6, 6.07) is 0. The summed E-state index contributed by atoms with van der Waals surface area (Å²) >= 11 is 0. The number of methoxy groups -OCH3 is 1. The predicted octanol–water partition coefficient (Wildman–Crippen LogP) is 3.77. The first-order chi connectivity index (χ1) is 11.5. The minimum atomic E-state index is -0.576. The van der Waals surface area contributed by atoms with Crippen LogP contribution in [-0.2, 0) is 4.74 Å². The Hall–Kier alpha value is -0.120. The van der Waals surface area contributed by atoms with Crippen molar-refractivity contribution in [3.8, 4) is 0 Å². The van der Waals surface area contributed by atoms with Crippen molar-refractivity contribution in [2.75, 3.05) is 13.7 Å². The SMILES string of the molecule is COC[C@@]1(O)CC[C@H]2[C@H](CC[C@@H]3[C@@H]2CC[C@]2(C)[C@@H](O)CCC[C@@H]32)C1. The quantitative estimate of drug-likeness (QED) is 0.807. The highest BCUT2D eigenvalue weighted by Gasteiger charge is 2.56. The number of hydrogen-bond acceptors (Lipinski definition) is 3. The van der Waals surface area contributed by atoms with Crippen molar-refractivity contribution in [3.05, 3.63) is 0 Å². The molecule has 0 unspecified atom stereocenters. The topological polar surface area (TPSA) is 49.7 Å². The van der Waals surface area contributed by atoms with Gasteiger partial charge in [0.2, 0.25) is 0 Å². The minimum Gasteiger partial charge on any atom is -0.393 e. The highest BCUT2D eigenvalue weighted by molar-refractivity contribution is 5.05. The van der Waals surface area contributed by atoms with Gasteiger partial charge in [-0.1, -0.05) is 13.3 Å². The molecule has 0 heterocycles. The molecule has 0 aromatic heterocycles. The average molecular weight is 337 g/mol. The smallest absolute Gasteiger partial charge is 0.0882 e. The van der Waals surface area contributed by atoms with E-state index in [1.807, 2.05) is 0 Å². The fraction of sp³-hybridized carbons (Fsp3) is 1.00. The van der Waals surface area contributed by atoms with Crippen LogP contribution in [0.3, 0.4) is 0 Å². The second-order valence-electron chi connectivity index (χ2n) is 9.83. The zero-order chi connectivity index (χ0) is 16.9. The molecule has 4 aliphatic carbocycles. The van der Waals surface area contributed by atoms with E-state index in [1.165, 1.54) is 44.9 Å². The molecule has 3 heteroatoms. The molecule has 138 valence electrons. The molecular formula is C21H36O3. The van der Waals surface area contributed by atoms with Gasteiger partial charge in [0.05, 0.1) is 18.3 Å². The van der Waals surface area contributed by atoms with Gasteiger partial charge in [-0.2, -0.15) is 0 Å². The van der Waals surface area contributed by atoms with E-state index >= 15 is 0 Å². The number of rotatable bonds is 2. The van der Waals surface area contributed by atoms with E-state index in [-0.39, 0.29) is 11.5 Å². The van der Waals surface area contributed by atoms with Crippen LogP contribution in [0, 0.1) is 35.0 Å². The monoisotopic (exact) mass is 336 g/mol. The number of fused-ring (bicyclic) bond motifs is 5. The number of ether oxygens (including phenoxy) is 1. The van der Waals surface area contributed by atoms with Gasteiger partial charge in [-0.3, -0.25) is 0 Å². The average Bonchev–Trinajstić information content (AvgIpc) is 2.55. The Labute approximate surface area is 147 Å². The third-order valence-corrected chi connectivity index (χ3v) is 8.71. The third-order valence-electron chi connectivity index (χ3n) is 8.71. The molecule has 0 amide bonds. The number of aliphatic hydroxyl groups is 2. The lowest BCUT2D eigenvalue weighted by molar-refractivity contribution is -0.154.